The first-order valence-corrected chi connectivity index (χ1v) is 10.4. The molecule has 0 aliphatic heterocycles. The molecule has 0 spiro atoms. The van der Waals surface area contributed by atoms with Crippen LogP contribution in [0.1, 0.15) is 5.56 Å². The molecule has 0 atom stereocenters. The van der Waals surface area contributed by atoms with E-state index in [1.807, 2.05) is 0 Å². The number of methoxy groups -OCH3 is 1. The topological polar surface area (TPSA) is 113 Å². The van der Waals surface area contributed by atoms with Crippen molar-refractivity contribution in [3.8, 4) is 17.3 Å². The molecular formula is C24H15ClN4O5. The zero-order chi connectivity index (χ0) is 23.8. The first kappa shape index (κ1) is 21.4. The summed E-state index contributed by atoms with van der Waals surface area (Å²) in [6.07, 6.45) is 1.34. The van der Waals surface area contributed by atoms with Gasteiger partial charge in [0.05, 0.1) is 29.2 Å². The Morgan fingerprint density at radius 2 is 1.97 bits per heavy atom. The first-order chi connectivity index (χ1) is 16.4. The van der Waals surface area contributed by atoms with Crippen LogP contribution in [0.5, 0.6) is 5.75 Å². The predicted octanol–water partition coefficient (Wildman–Crippen LogP) is 5.26. The van der Waals surface area contributed by atoms with E-state index in [1.54, 1.807) is 54.6 Å². The van der Waals surface area contributed by atoms with Crippen LogP contribution in [0, 0.1) is 10.1 Å². The molecule has 0 radical (unpaired) electrons. The summed E-state index contributed by atoms with van der Waals surface area (Å²) in [4.78, 5) is 28.7. The Balaban J connectivity index is 1.69. The molecule has 2 aromatic heterocycles. The summed E-state index contributed by atoms with van der Waals surface area (Å²) in [7, 11) is 1.35. The smallest absolute Gasteiger partial charge is 0.311 e. The lowest BCUT2D eigenvalue weighted by Crippen LogP contribution is -2.20. The van der Waals surface area contributed by atoms with E-state index in [2.05, 4.69) is 10.1 Å². The first-order valence-electron chi connectivity index (χ1n) is 10.0. The van der Waals surface area contributed by atoms with Gasteiger partial charge in [0, 0.05) is 22.0 Å². The fraction of sp³-hybridized carbons (Fsp3) is 0.0417. The molecule has 168 valence electrons. The molecule has 0 aliphatic carbocycles. The maximum Gasteiger partial charge on any atom is 0.311 e. The van der Waals surface area contributed by atoms with Crippen LogP contribution in [0.4, 0.5) is 5.69 Å². The molecular weight excluding hydrogens is 460 g/mol. The molecule has 0 unspecified atom stereocenters. The van der Waals surface area contributed by atoms with Crippen LogP contribution in [0.3, 0.4) is 0 Å². The average Bonchev–Trinajstić information content (AvgIpc) is 3.26. The minimum Gasteiger partial charge on any atom is -0.490 e. The molecule has 0 aliphatic rings. The van der Waals surface area contributed by atoms with E-state index in [9.17, 15) is 14.9 Å². The van der Waals surface area contributed by atoms with Gasteiger partial charge in [-0.05, 0) is 48.5 Å². The average molecular weight is 475 g/mol. The van der Waals surface area contributed by atoms with Crippen LogP contribution in [0.15, 0.2) is 81.0 Å². The lowest BCUT2D eigenvalue weighted by molar-refractivity contribution is -0.385. The quantitative estimate of drug-likeness (QED) is 0.195. The number of fused-ring (bicyclic) bond motifs is 2. The second-order valence-corrected chi connectivity index (χ2v) is 7.73. The van der Waals surface area contributed by atoms with E-state index in [0.717, 1.165) is 10.1 Å². The number of halogens is 1. The Labute approximate surface area is 196 Å². The number of nitrogens with zero attached hydrogens (tertiary/aromatic N) is 4. The summed E-state index contributed by atoms with van der Waals surface area (Å²) in [6.45, 7) is 0. The van der Waals surface area contributed by atoms with Crippen molar-refractivity contribution < 1.29 is 14.1 Å². The number of para-hydroxylation sites is 1. The number of benzene rings is 3. The molecule has 5 rings (SSSR count). The molecule has 34 heavy (non-hydrogen) atoms. The van der Waals surface area contributed by atoms with Crippen LogP contribution in [0.2, 0.25) is 5.02 Å². The minimum atomic E-state index is -0.551. The Kier molecular flexibility index (Phi) is 5.31. The molecule has 10 heteroatoms. The highest BCUT2D eigenvalue weighted by Gasteiger charge is 2.18. The summed E-state index contributed by atoms with van der Waals surface area (Å²) in [5.41, 5.74) is 0.814. The van der Waals surface area contributed by atoms with Gasteiger partial charge < -0.3 is 9.15 Å². The van der Waals surface area contributed by atoms with Gasteiger partial charge >= 0.3 is 5.69 Å². The van der Waals surface area contributed by atoms with Crippen molar-refractivity contribution >= 4 is 45.4 Å². The highest BCUT2D eigenvalue weighted by molar-refractivity contribution is 6.31. The van der Waals surface area contributed by atoms with Gasteiger partial charge in [-0.25, -0.2) is 4.98 Å². The van der Waals surface area contributed by atoms with E-state index in [1.165, 1.54) is 25.5 Å². The van der Waals surface area contributed by atoms with Gasteiger partial charge in [0.1, 0.15) is 5.58 Å². The van der Waals surface area contributed by atoms with Gasteiger partial charge in [-0.3, -0.25) is 14.9 Å². The Morgan fingerprint density at radius 1 is 1.15 bits per heavy atom. The van der Waals surface area contributed by atoms with E-state index in [-0.39, 0.29) is 17.3 Å². The molecule has 3 aromatic carbocycles. The SMILES string of the molecule is COc1ccc(C=Nn2c(-c3cc4cc(Cl)ccc4o3)nc3ccccc3c2=O)cc1[N+](=O)[O-]. The van der Waals surface area contributed by atoms with Crippen LogP contribution in [-0.4, -0.2) is 27.9 Å². The van der Waals surface area contributed by atoms with Crippen molar-refractivity contribution in [3.63, 3.8) is 0 Å². The van der Waals surface area contributed by atoms with Crippen molar-refractivity contribution in [2.24, 2.45) is 5.10 Å². The number of aromatic nitrogens is 2. The third-order valence-electron chi connectivity index (χ3n) is 5.17. The summed E-state index contributed by atoms with van der Waals surface area (Å²) >= 11 is 6.09. The largest absolute Gasteiger partial charge is 0.490 e. The van der Waals surface area contributed by atoms with Crippen molar-refractivity contribution in [1.82, 2.24) is 9.66 Å². The summed E-state index contributed by atoms with van der Waals surface area (Å²) < 4.78 is 12.1. The summed E-state index contributed by atoms with van der Waals surface area (Å²) in [5.74, 6) is 0.613. The molecule has 0 fully saturated rings. The zero-order valence-corrected chi connectivity index (χ0v) is 18.4. The van der Waals surface area contributed by atoms with Crippen LogP contribution < -0.4 is 10.3 Å². The monoisotopic (exact) mass is 474 g/mol. The summed E-state index contributed by atoms with van der Waals surface area (Å²) in [6, 6.07) is 18.1. The molecule has 5 aromatic rings. The number of furan rings is 1. The number of nitro benzene ring substituents is 1. The number of hydrogen-bond acceptors (Lipinski definition) is 7. The number of hydrogen-bond donors (Lipinski definition) is 0. The molecule has 0 bridgehead atoms. The van der Waals surface area contributed by atoms with Gasteiger partial charge in [-0.1, -0.05) is 23.7 Å². The highest BCUT2D eigenvalue weighted by atomic mass is 35.5. The van der Waals surface area contributed by atoms with Gasteiger partial charge in [0.15, 0.2) is 11.5 Å². The fourth-order valence-corrected chi connectivity index (χ4v) is 3.75. The second-order valence-electron chi connectivity index (χ2n) is 7.30. The molecule has 0 saturated carbocycles. The zero-order valence-electron chi connectivity index (χ0n) is 17.6. The lowest BCUT2D eigenvalue weighted by atomic mass is 10.2. The Bertz CT molecular complexity index is 1670. The van der Waals surface area contributed by atoms with Gasteiger partial charge in [-0.2, -0.15) is 9.78 Å². The molecule has 2 heterocycles. The number of nitro groups is 1. The standard InChI is InChI=1S/C24H15ClN4O5/c1-33-21-8-6-14(10-19(21)29(31)32)13-26-28-23(27-18-5-3-2-4-17(18)24(28)30)22-12-15-11-16(25)7-9-20(15)34-22/h2-13H,1H3. The summed E-state index contributed by atoms with van der Waals surface area (Å²) in [5, 5.41) is 17.3. The third-order valence-corrected chi connectivity index (χ3v) is 5.41. The van der Waals surface area contributed by atoms with Crippen molar-refractivity contribution in [2.45, 2.75) is 0 Å². The van der Waals surface area contributed by atoms with Gasteiger partial charge in [0.25, 0.3) is 5.56 Å². The third kappa shape index (κ3) is 3.78. The van der Waals surface area contributed by atoms with Crippen molar-refractivity contribution in [1.29, 1.82) is 0 Å². The molecule has 0 N–H and O–H groups in total. The normalized spacial score (nSPS) is 11.5. The molecule has 0 saturated heterocycles. The van der Waals surface area contributed by atoms with Crippen LogP contribution >= 0.6 is 11.6 Å². The van der Waals surface area contributed by atoms with Gasteiger partial charge in [0.2, 0.25) is 5.82 Å². The van der Waals surface area contributed by atoms with Crippen LogP contribution in [0.25, 0.3) is 33.5 Å². The van der Waals surface area contributed by atoms with Crippen molar-refractivity contribution in [2.75, 3.05) is 7.11 Å². The van der Waals surface area contributed by atoms with E-state index in [4.69, 9.17) is 20.8 Å². The fourth-order valence-electron chi connectivity index (χ4n) is 3.57. The predicted molar refractivity (Wildman–Crippen MR) is 129 cm³/mol. The van der Waals surface area contributed by atoms with E-state index < -0.39 is 10.5 Å². The maximum absolute atomic E-state index is 13.3. The maximum atomic E-state index is 13.3. The number of ether oxygens (including phenoxy) is 1. The number of rotatable bonds is 5. The van der Waals surface area contributed by atoms with Gasteiger partial charge in [-0.15, -0.1) is 0 Å². The van der Waals surface area contributed by atoms with E-state index in [0.29, 0.717) is 32.8 Å². The minimum absolute atomic E-state index is 0.119. The Hall–Kier alpha value is -4.50. The molecule has 0 amide bonds. The van der Waals surface area contributed by atoms with Crippen molar-refractivity contribution in [3.05, 3.63) is 97.8 Å². The second kappa shape index (κ2) is 8.45. The van der Waals surface area contributed by atoms with Crippen LogP contribution in [-0.2, 0) is 0 Å². The molecule has 9 nitrogen and oxygen atoms in total. The lowest BCUT2D eigenvalue weighted by Gasteiger charge is -2.07. The Morgan fingerprint density at radius 3 is 2.76 bits per heavy atom. The van der Waals surface area contributed by atoms with E-state index >= 15 is 0 Å². The highest BCUT2D eigenvalue weighted by Crippen LogP contribution is 2.30.